The SMILES string of the molecule is O=C(NC1CCC(Nc2nccc(Nc3cc(C4CCCC4)[nH]n3)n2)CC1)NC1CCCS(=O)(=O)C1. The summed E-state index contributed by atoms with van der Waals surface area (Å²) < 4.78 is 23.6. The average Bonchev–Trinajstić information content (AvgIpc) is 3.52. The molecule has 1 unspecified atom stereocenters. The Kier molecular flexibility index (Phi) is 7.59. The van der Waals surface area contributed by atoms with E-state index in [1.165, 1.54) is 31.4 Å². The van der Waals surface area contributed by atoms with Gasteiger partial charge in [-0.05, 0) is 57.4 Å². The number of aromatic amines is 1. The van der Waals surface area contributed by atoms with Gasteiger partial charge in [0, 0.05) is 42.0 Å². The van der Waals surface area contributed by atoms with E-state index in [-0.39, 0.29) is 35.7 Å². The molecule has 11 nitrogen and oxygen atoms in total. The van der Waals surface area contributed by atoms with Gasteiger partial charge in [0.2, 0.25) is 5.95 Å². The van der Waals surface area contributed by atoms with Crippen LogP contribution in [-0.4, -0.2) is 64.2 Å². The van der Waals surface area contributed by atoms with Crippen LogP contribution in [0.15, 0.2) is 18.3 Å². The Morgan fingerprint density at radius 3 is 2.44 bits per heavy atom. The highest BCUT2D eigenvalue weighted by Crippen LogP contribution is 2.34. The lowest BCUT2D eigenvalue weighted by atomic mass is 9.91. The van der Waals surface area contributed by atoms with Gasteiger partial charge in [0.05, 0.1) is 11.5 Å². The molecule has 1 saturated heterocycles. The molecule has 196 valence electrons. The zero-order valence-electron chi connectivity index (χ0n) is 20.5. The molecular formula is C24H36N8O3S. The minimum Gasteiger partial charge on any atom is -0.351 e. The highest BCUT2D eigenvalue weighted by atomic mass is 32.2. The summed E-state index contributed by atoms with van der Waals surface area (Å²) in [5, 5.41) is 20.1. The molecule has 2 amide bonds. The van der Waals surface area contributed by atoms with Crippen molar-refractivity contribution in [3.63, 3.8) is 0 Å². The van der Waals surface area contributed by atoms with Crippen molar-refractivity contribution in [3.8, 4) is 0 Å². The summed E-state index contributed by atoms with van der Waals surface area (Å²) in [6.07, 6.45) is 11.5. The normalized spacial score (nSPS) is 26.3. The summed E-state index contributed by atoms with van der Waals surface area (Å²) in [4.78, 5) is 21.3. The van der Waals surface area contributed by atoms with Gasteiger partial charge in [0.1, 0.15) is 5.82 Å². The van der Waals surface area contributed by atoms with Crippen molar-refractivity contribution >= 4 is 33.5 Å². The summed E-state index contributed by atoms with van der Waals surface area (Å²) in [6.45, 7) is 0. The number of nitrogens with zero attached hydrogens (tertiary/aromatic N) is 3. The maximum absolute atomic E-state index is 12.4. The Hall–Kier alpha value is -2.89. The molecule has 2 aromatic rings. The second kappa shape index (κ2) is 11.0. The van der Waals surface area contributed by atoms with Crippen LogP contribution < -0.4 is 21.3 Å². The van der Waals surface area contributed by atoms with Crippen molar-refractivity contribution in [2.24, 2.45) is 0 Å². The van der Waals surface area contributed by atoms with Gasteiger partial charge in [0.25, 0.3) is 0 Å². The lowest BCUT2D eigenvalue weighted by Crippen LogP contribution is -2.50. The van der Waals surface area contributed by atoms with Gasteiger partial charge < -0.3 is 21.3 Å². The van der Waals surface area contributed by atoms with E-state index in [1.54, 1.807) is 6.20 Å². The summed E-state index contributed by atoms with van der Waals surface area (Å²) in [7, 11) is -3.04. The summed E-state index contributed by atoms with van der Waals surface area (Å²) >= 11 is 0. The zero-order chi connectivity index (χ0) is 25.0. The van der Waals surface area contributed by atoms with Crippen LogP contribution in [0.4, 0.5) is 22.4 Å². The van der Waals surface area contributed by atoms with Crippen molar-refractivity contribution in [1.82, 2.24) is 30.8 Å². The fraction of sp³-hybridized carbons (Fsp3) is 0.667. The van der Waals surface area contributed by atoms with E-state index in [2.05, 4.69) is 47.5 Å². The molecule has 2 saturated carbocycles. The maximum atomic E-state index is 12.4. The van der Waals surface area contributed by atoms with E-state index in [4.69, 9.17) is 0 Å². The summed E-state index contributed by atoms with van der Waals surface area (Å²) in [5.74, 6) is 2.85. The van der Waals surface area contributed by atoms with E-state index < -0.39 is 9.84 Å². The largest absolute Gasteiger partial charge is 0.351 e. The molecule has 12 heteroatoms. The molecule has 3 aliphatic rings. The lowest BCUT2D eigenvalue weighted by Gasteiger charge is -2.30. The predicted molar refractivity (Wildman–Crippen MR) is 138 cm³/mol. The predicted octanol–water partition coefficient (Wildman–Crippen LogP) is 3.20. The fourth-order valence-electron chi connectivity index (χ4n) is 5.59. The Labute approximate surface area is 211 Å². The van der Waals surface area contributed by atoms with Crippen molar-refractivity contribution in [1.29, 1.82) is 0 Å². The first kappa shape index (κ1) is 24.8. The number of carbonyl (C=O) groups excluding carboxylic acids is 1. The highest BCUT2D eigenvalue weighted by Gasteiger charge is 2.28. The average molecular weight is 517 g/mol. The molecule has 1 atom stereocenters. The smallest absolute Gasteiger partial charge is 0.315 e. The number of urea groups is 1. The van der Waals surface area contributed by atoms with Crippen LogP contribution in [0.5, 0.6) is 0 Å². The Bertz CT molecular complexity index is 1140. The Morgan fingerprint density at radius 2 is 1.67 bits per heavy atom. The molecule has 0 radical (unpaired) electrons. The molecular weight excluding hydrogens is 480 g/mol. The molecule has 36 heavy (non-hydrogen) atoms. The minimum atomic E-state index is -3.04. The van der Waals surface area contributed by atoms with Crippen molar-refractivity contribution < 1.29 is 13.2 Å². The number of carbonyl (C=O) groups is 1. The molecule has 5 N–H and O–H groups in total. The fourth-order valence-corrected chi connectivity index (χ4v) is 7.23. The third kappa shape index (κ3) is 6.65. The molecule has 0 bridgehead atoms. The van der Waals surface area contributed by atoms with Gasteiger partial charge in [-0.15, -0.1) is 0 Å². The van der Waals surface area contributed by atoms with E-state index in [0.717, 1.165) is 31.5 Å². The van der Waals surface area contributed by atoms with Gasteiger partial charge >= 0.3 is 6.03 Å². The first-order chi connectivity index (χ1) is 17.4. The number of anilines is 3. The molecule has 2 aromatic heterocycles. The van der Waals surface area contributed by atoms with Crippen LogP contribution >= 0.6 is 0 Å². The number of sulfone groups is 1. The van der Waals surface area contributed by atoms with Gasteiger partial charge in [-0.3, -0.25) is 5.10 Å². The molecule has 3 heterocycles. The van der Waals surface area contributed by atoms with E-state index in [0.29, 0.717) is 30.5 Å². The maximum Gasteiger partial charge on any atom is 0.315 e. The second-order valence-corrected chi connectivity index (χ2v) is 12.6. The first-order valence-corrected chi connectivity index (χ1v) is 14.9. The van der Waals surface area contributed by atoms with Crippen LogP contribution in [-0.2, 0) is 9.84 Å². The quantitative estimate of drug-likeness (QED) is 0.376. The van der Waals surface area contributed by atoms with E-state index in [9.17, 15) is 13.2 Å². The Morgan fingerprint density at radius 1 is 0.917 bits per heavy atom. The van der Waals surface area contributed by atoms with Gasteiger partial charge in [-0.2, -0.15) is 10.1 Å². The molecule has 0 aromatic carbocycles. The monoisotopic (exact) mass is 516 g/mol. The van der Waals surface area contributed by atoms with E-state index in [1.807, 2.05) is 6.07 Å². The number of aromatic nitrogens is 4. The van der Waals surface area contributed by atoms with Crippen LogP contribution in [0, 0.1) is 0 Å². The second-order valence-electron chi connectivity index (χ2n) is 10.3. The molecule has 5 rings (SSSR count). The summed E-state index contributed by atoms with van der Waals surface area (Å²) in [6, 6.07) is 3.63. The zero-order valence-corrected chi connectivity index (χ0v) is 21.3. The van der Waals surface area contributed by atoms with E-state index >= 15 is 0 Å². The molecule has 1 aliphatic heterocycles. The highest BCUT2D eigenvalue weighted by molar-refractivity contribution is 7.91. The first-order valence-electron chi connectivity index (χ1n) is 13.1. The molecule has 0 spiro atoms. The Balaban J connectivity index is 1.06. The summed E-state index contributed by atoms with van der Waals surface area (Å²) in [5.41, 5.74) is 1.19. The number of rotatable bonds is 7. The molecule has 2 aliphatic carbocycles. The molecule has 3 fully saturated rings. The standard InChI is InChI=1S/C24H36N8O3S/c33-24(28-19-6-3-13-36(34,35)15-19)27-18-9-7-17(8-10-18)26-23-25-12-11-21(30-23)29-22-14-20(31-32-22)16-4-1-2-5-16/h11-12,14,16-19H,1-10,13,15H2,(H2,27,28,33)(H3,25,26,29,30,31,32). The number of hydrogen-bond acceptors (Lipinski definition) is 8. The van der Waals surface area contributed by atoms with Crippen molar-refractivity contribution in [2.45, 2.75) is 88.3 Å². The number of amides is 2. The minimum absolute atomic E-state index is 0.0346. The van der Waals surface area contributed by atoms with Crippen molar-refractivity contribution in [3.05, 3.63) is 24.0 Å². The number of nitrogens with one attached hydrogen (secondary N) is 5. The van der Waals surface area contributed by atoms with Crippen LogP contribution in [0.1, 0.15) is 75.8 Å². The van der Waals surface area contributed by atoms with Gasteiger partial charge in [-0.1, -0.05) is 12.8 Å². The van der Waals surface area contributed by atoms with Gasteiger partial charge in [-0.25, -0.2) is 18.2 Å². The van der Waals surface area contributed by atoms with Crippen LogP contribution in [0.2, 0.25) is 0 Å². The number of hydrogen-bond donors (Lipinski definition) is 5. The topological polar surface area (TPSA) is 154 Å². The van der Waals surface area contributed by atoms with Crippen LogP contribution in [0.25, 0.3) is 0 Å². The lowest BCUT2D eigenvalue weighted by molar-refractivity contribution is 0.228. The number of H-pyrrole nitrogens is 1. The van der Waals surface area contributed by atoms with Gasteiger partial charge in [0.15, 0.2) is 15.7 Å². The van der Waals surface area contributed by atoms with Crippen LogP contribution in [0.3, 0.4) is 0 Å². The van der Waals surface area contributed by atoms with Crippen molar-refractivity contribution in [2.75, 3.05) is 22.1 Å². The third-order valence-corrected chi connectivity index (χ3v) is 9.32. The third-order valence-electron chi connectivity index (χ3n) is 7.50.